The Labute approximate surface area is 117 Å². The normalized spacial score (nSPS) is 25.3. The van der Waals surface area contributed by atoms with E-state index in [1.54, 1.807) is 6.07 Å². The molecule has 18 heavy (non-hydrogen) atoms. The van der Waals surface area contributed by atoms with Gasteiger partial charge in [0.05, 0.1) is 0 Å². The third kappa shape index (κ3) is 3.55. The Morgan fingerprint density at radius 1 is 1.39 bits per heavy atom. The van der Waals surface area contributed by atoms with E-state index in [0.717, 1.165) is 28.3 Å². The van der Waals surface area contributed by atoms with Crippen molar-refractivity contribution < 1.29 is 4.39 Å². The second-order valence-corrected chi connectivity index (χ2v) is 6.47. The van der Waals surface area contributed by atoms with E-state index in [1.807, 2.05) is 13.1 Å². The van der Waals surface area contributed by atoms with Crippen molar-refractivity contribution in [2.75, 3.05) is 7.05 Å². The van der Waals surface area contributed by atoms with E-state index in [1.165, 1.54) is 25.3 Å². The molecule has 1 saturated carbocycles. The molecule has 0 saturated heterocycles. The molecule has 0 spiro atoms. The molecule has 2 rings (SSSR count). The Hall–Kier alpha value is -0.410. The summed E-state index contributed by atoms with van der Waals surface area (Å²) in [6.45, 7) is 2.32. The van der Waals surface area contributed by atoms with E-state index in [0.29, 0.717) is 6.04 Å². The van der Waals surface area contributed by atoms with Gasteiger partial charge in [0.1, 0.15) is 5.82 Å². The van der Waals surface area contributed by atoms with Crippen molar-refractivity contribution in [2.45, 2.75) is 38.6 Å². The number of halogens is 2. The van der Waals surface area contributed by atoms with Crippen LogP contribution >= 0.6 is 15.9 Å². The van der Waals surface area contributed by atoms with Gasteiger partial charge in [-0.3, -0.25) is 0 Å². The lowest BCUT2D eigenvalue weighted by atomic mass is 9.91. The fourth-order valence-electron chi connectivity index (χ4n) is 3.10. The van der Waals surface area contributed by atoms with Crippen molar-refractivity contribution in [2.24, 2.45) is 11.8 Å². The van der Waals surface area contributed by atoms with E-state index >= 15 is 0 Å². The number of nitrogens with one attached hydrogen (secondary N) is 1. The number of hydrogen-bond donors (Lipinski definition) is 1. The number of likely N-dealkylation sites (N-methyl/N-ethyl adjacent to an activating group) is 1. The highest BCUT2D eigenvalue weighted by Crippen LogP contribution is 2.33. The Bertz CT molecular complexity index is 387. The van der Waals surface area contributed by atoms with Crippen molar-refractivity contribution >= 4 is 15.9 Å². The van der Waals surface area contributed by atoms with Gasteiger partial charge in [-0.2, -0.15) is 0 Å². The molecule has 1 aliphatic carbocycles. The average molecular weight is 314 g/mol. The van der Waals surface area contributed by atoms with Crippen LogP contribution in [0.15, 0.2) is 22.7 Å². The minimum atomic E-state index is -0.158. The maximum absolute atomic E-state index is 13.4. The van der Waals surface area contributed by atoms with Crippen LogP contribution in [-0.2, 0) is 6.42 Å². The maximum Gasteiger partial charge on any atom is 0.124 e. The fourth-order valence-corrected chi connectivity index (χ4v) is 3.62. The summed E-state index contributed by atoms with van der Waals surface area (Å²) in [5.41, 5.74) is 1.07. The van der Waals surface area contributed by atoms with Gasteiger partial charge in [0.25, 0.3) is 0 Å². The third-order valence-corrected chi connectivity index (χ3v) is 4.51. The zero-order chi connectivity index (χ0) is 13.1. The zero-order valence-corrected chi connectivity index (χ0v) is 12.6. The first-order valence-electron chi connectivity index (χ1n) is 6.70. The van der Waals surface area contributed by atoms with Gasteiger partial charge in [-0.05, 0) is 61.9 Å². The summed E-state index contributed by atoms with van der Waals surface area (Å²) in [7, 11) is 2.02. The van der Waals surface area contributed by atoms with Crippen LogP contribution in [0.3, 0.4) is 0 Å². The molecule has 1 aromatic rings. The van der Waals surface area contributed by atoms with E-state index in [9.17, 15) is 4.39 Å². The summed E-state index contributed by atoms with van der Waals surface area (Å²) in [6, 6.07) is 5.64. The van der Waals surface area contributed by atoms with E-state index in [4.69, 9.17) is 0 Å². The molecule has 3 atom stereocenters. The first-order chi connectivity index (χ1) is 8.58. The van der Waals surface area contributed by atoms with E-state index < -0.39 is 0 Å². The predicted octanol–water partition coefficient (Wildman–Crippen LogP) is 4.15. The molecule has 1 aliphatic rings. The summed E-state index contributed by atoms with van der Waals surface area (Å²) in [6.07, 6.45) is 4.82. The van der Waals surface area contributed by atoms with Gasteiger partial charge in [-0.1, -0.05) is 29.3 Å². The molecule has 1 nitrogen and oxygen atoms in total. The van der Waals surface area contributed by atoms with Crippen molar-refractivity contribution in [1.29, 1.82) is 0 Å². The van der Waals surface area contributed by atoms with Gasteiger partial charge in [0.2, 0.25) is 0 Å². The van der Waals surface area contributed by atoms with E-state index in [-0.39, 0.29) is 5.82 Å². The minimum absolute atomic E-state index is 0.158. The van der Waals surface area contributed by atoms with Crippen LogP contribution in [0.25, 0.3) is 0 Å². The Morgan fingerprint density at radius 3 is 2.72 bits per heavy atom. The van der Waals surface area contributed by atoms with Crippen molar-refractivity contribution in [3.8, 4) is 0 Å². The van der Waals surface area contributed by atoms with Crippen molar-refractivity contribution in [1.82, 2.24) is 5.32 Å². The van der Waals surface area contributed by atoms with Crippen molar-refractivity contribution in [3.63, 3.8) is 0 Å². The molecule has 1 fully saturated rings. The highest BCUT2D eigenvalue weighted by atomic mass is 79.9. The quantitative estimate of drug-likeness (QED) is 0.880. The highest BCUT2D eigenvalue weighted by molar-refractivity contribution is 9.10. The Balaban J connectivity index is 2.05. The molecular weight excluding hydrogens is 293 g/mol. The van der Waals surface area contributed by atoms with Crippen LogP contribution in [0, 0.1) is 17.7 Å². The second-order valence-electron chi connectivity index (χ2n) is 5.56. The van der Waals surface area contributed by atoms with Gasteiger partial charge in [0.15, 0.2) is 0 Å². The molecular formula is C15H21BrFN. The van der Waals surface area contributed by atoms with Crippen LogP contribution in [-0.4, -0.2) is 13.1 Å². The molecule has 0 bridgehead atoms. The average Bonchev–Trinajstić information content (AvgIpc) is 2.71. The molecule has 1 aromatic carbocycles. The molecule has 0 aromatic heterocycles. The summed E-state index contributed by atoms with van der Waals surface area (Å²) < 4.78 is 14.2. The first kappa shape index (κ1) is 14.0. The fraction of sp³-hybridized carbons (Fsp3) is 0.600. The van der Waals surface area contributed by atoms with Gasteiger partial charge < -0.3 is 5.32 Å². The standard InChI is InChI=1S/C15H21BrFN/c1-10-3-4-12(5-10)15(18-2)8-11-6-13(16)9-14(17)7-11/h6-7,9-10,12,15,18H,3-5,8H2,1-2H3. The van der Waals surface area contributed by atoms with Crippen LogP contribution < -0.4 is 5.32 Å². The summed E-state index contributed by atoms with van der Waals surface area (Å²) in [5, 5.41) is 3.41. The molecule has 0 heterocycles. The SMILES string of the molecule is CNC(Cc1cc(F)cc(Br)c1)C1CCC(C)C1. The molecule has 0 radical (unpaired) electrons. The van der Waals surface area contributed by atoms with Gasteiger partial charge in [-0.25, -0.2) is 4.39 Å². The molecule has 100 valence electrons. The lowest BCUT2D eigenvalue weighted by Gasteiger charge is -2.23. The predicted molar refractivity (Wildman–Crippen MR) is 77.2 cm³/mol. The Morgan fingerprint density at radius 2 is 2.17 bits per heavy atom. The third-order valence-electron chi connectivity index (χ3n) is 4.05. The molecule has 0 aliphatic heterocycles. The number of rotatable bonds is 4. The van der Waals surface area contributed by atoms with Crippen LogP contribution in [0.1, 0.15) is 31.7 Å². The maximum atomic E-state index is 13.4. The van der Waals surface area contributed by atoms with Gasteiger partial charge >= 0.3 is 0 Å². The molecule has 1 N–H and O–H groups in total. The smallest absolute Gasteiger partial charge is 0.124 e. The zero-order valence-electron chi connectivity index (χ0n) is 11.0. The first-order valence-corrected chi connectivity index (χ1v) is 7.50. The van der Waals surface area contributed by atoms with Gasteiger partial charge in [-0.15, -0.1) is 0 Å². The molecule has 3 unspecified atom stereocenters. The molecule has 3 heteroatoms. The van der Waals surface area contributed by atoms with Crippen LogP contribution in [0.4, 0.5) is 4.39 Å². The highest BCUT2D eigenvalue weighted by Gasteiger charge is 2.27. The topological polar surface area (TPSA) is 12.0 Å². The monoisotopic (exact) mass is 313 g/mol. The van der Waals surface area contributed by atoms with E-state index in [2.05, 4.69) is 28.2 Å². The molecule has 0 amide bonds. The van der Waals surface area contributed by atoms with Gasteiger partial charge in [0, 0.05) is 10.5 Å². The Kier molecular flexibility index (Phi) is 4.79. The minimum Gasteiger partial charge on any atom is -0.316 e. The lowest BCUT2D eigenvalue weighted by Crippen LogP contribution is -2.34. The largest absolute Gasteiger partial charge is 0.316 e. The summed E-state index contributed by atoms with van der Waals surface area (Å²) in [4.78, 5) is 0. The van der Waals surface area contributed by atoms with Crippen LogP contribution in [0.2, 0.25) is 0 Å². The second kappa shape index (κ2) is 6.16. The lowest BCUT2D eigenvalue weighted by molar-refractivity contribution is 0.367. The number of hydrogen-bond acceptors (Lipinski definition) is 1. The summed E-state index contributed by atoms with van der Waals surface area (Å²) in [5.74, 6) is 1.41. The van der Waals surface area contributed by atoms with Crippen molar-refractivity contribution in [3.05, 3.63) is 34.1 Å². The summed E-state index contributed by atoms with van der Waals surface area (Å²) >= 11 is 3.36. The van der Waals surface area contributed by atoms with Crippen LogP contribution in [0.5, 0.6) is 0 Å². The number of benzene rings is 1.